The molecule has 0 aromatic carbocycles. The smallest absolute Gasteiger partial charge is 0.375 e. The molecule has 0 atom stereocenters. The van der Waals surface area contributed by atoms with Crippen molar-refractivity contribution >= 4 is 33.8 Å². The molecule has 98 valence electrons. The second-order valence-electron chi connectivity index (χ2n) is 4.57. The summed E-state index contributed by atoms with van der Waals surface area (Å²) in [6, 6.07) is 5.20. The van der Waals surface area contributed by atoms with E-state index in [0.717, 1.165) is 0 Å². The van der Waals surface area contributed by atoms with Crippen molar-refractivity contribution in [3.8, 4) is 0 Å². The Balaban J connectivity index is 3.01. The Morgan fingerprint density at radius 3 is 2.50 bits per heavy atom. The zero-order valence-corrected chi connectivity index (χ0v) is 12.1. The molecule has 5 nitrogen and oxygen atoms in total. The van der Waals surface area contributed by atoms with Crippen LogP contribution >= 0.6 is 15.9 Å². The minimum absolute atomic E-state index is 0.0288. The summed E-state index contributed by atoms with van der Waals surface area (Å²) in [7, 11) is 0. The van der Waals surface area contributed by atoms with Gasteiger partial charge in [0.05, 0.1) is 0 Å². The first-order valence-electron chi connectivity index (χ1n) is 5.38. The van der Waals surface area contributed by atoms with Crippen LogP contribution in [0.3, 0.4) is 0 Å². The standard InChI is InChI=1S/C12H15BrN2O3/c1-12(2,3)15(9-6-4-5-7-14-9)11(17)18-10(16)8-13/h4-7H,8H2,1-3H3. The molecule has 1 aromatic rings. The molecule has 0 fully saturated rings. The summed E-state index contributed by atoms with van der Waals surface area (Å²) in [5, 5.41) is -0.0288. The van der Waals surface area contributed by atoms with Gasteiger partial charge in [-0.05, 0) is 32.9 Å². The first kappa shape index (κ1) is 14.6. The fraction of sp³-hybridized carbons (Fsp3) is 0.417. The molecule has 0 aliphatic rings. The monoisotopic (exact) mass is 314 g/mol. The molecule has 0 radical (unpaired) electrons. The number of aromatic nitrogens is 1. The van der Waals surface area contributed by atoms with Crippen LogP contribution in [0.2, 0.25) is 0 Å². The van der Waals surface area contributed by atoms with Crippen LogP contribution in [0.5, 0.6) is 0 Å². The SMILES string of the molecule is CC(C)(C)N(C(=O)OC(=O)CBr)c1ccccn1. The number of hydrogen-bond acceptors (Lipinski definition) is 4. The summed E-state index contributed by atoms with van der Waals surface area (Å²) in [5.74, 6) is -0.192. The topological polar surface area (TPSA) is 59.5 Å². The second-order valence-corrected chi connectivity index (χ2v) is 5.13. The van der Waals surface area contributed by atoms with Crippen LogP contribution in [0.1, 0.15) is 20.8 Å². The molecule has 0 spiro atoms. The first-order valence-corrected chi connectivity index (χ1v) is 6.50. The molecule has 1 amide bonds. The predicted octanol–water partition coefficient (Wildman–Crippen LogP) is 2.74. The molecule has 0 saturated carbocycles. The van der Waals surface area contributed by atoms with Gasteiger partial charge in [0.25, 0.3) is 0 Å². The molecule has 1 rings (SSSR count). The molecule has 0 aliphatic carbocycles. The predicted molar refractivity (Wildman–Crippen MR) is 71.8 cm³/mol. The third-order valence-corrected chi connectivity index (χ3v) is 2.50. The van der Waals surface area contributed by atoms with Crippen LogP contribution in [0.4, 0.5) is 10.6 Å². The molecule has 1 heterocycles. The summed E-state index contributed by atoms with van der Waals surface area (Å²) >= 11 is 2.94. The van der Waals surface area contributed by atoms with Crippen molar-refractivity contribution in [3.63, 3.8) is 0 Å². The molecule has 0 saturated heterocycles. The van der Waals surface area contributed by atoms with Crippen molar-refractivity contribution in [3.05, 3.63) is 24.4 Å². The lowest BCUT2D eigenvalue weighted by Crippen LogP contribution is -2.47. The van der Waals surface area contributed by atoms with E-state index in [0.29, 0.717) is 5.82 Å². The van der Waals surface area contributed by atoms with Gasteiger partial charge in [0.1, 0.15) is 11.1 Å². The molecule has 0 bridgehead atoms. The minimum Gasteiger partial charge on any atom is -0.375 e. The number of hydrogen-bond donors (Lipinski definition) is 0. The molecule has 18 heavy (non-hydrogen) atoms. The van der Waals surface area contributed by atoms with Gasteiger partial charge < -0.3 is 4.74 Å². The Bertz CT molecular complexity index is 429. The number of nitrogens with zero attached hydrogens (tertiary/aromatic N) is 2. The highest BCUT2D eigenvalue weighted by Crippen LogP contribution is 2.22. The zero-order valence-electron chi connectivity index (χ0n) is 10.5. The van der Waals surface area contributed by atoms with Gasteiger partial charge in [-0.15, -0.1) is 0 Å². The van der Waals surface area contributed by atoms with Crippen LogP contribution in [-0.2, 0) is 9.53 Å². The maximum Gasteiger partial charge on any atom is 0.423 e. The summed E-state index contributed by atoms with van der Waals surface area (Å²) in [5.41, 5.74) is -0.544. The van der Waals surface area contributed by atoms with Gasteiger partial charge >= 0.3 is 12.1 Å². The number of pyridine rings is 1. The quantitative estimate of drug-likeness (QED) is 0.478. The number of amides is 1. The number of ether oxygens (including phenoxy) is 1. The highest BCUT2D eigenvalue weighted by atomic mass is 79.9. The van der Waals surface area contributed by atoms with Crippen molar-refractivity contribution < 1.29 is 14.3 Å². The third-order valence-electron chi connectivity index (χ3n) is 2.04. The summed E-state index contributed by atoms with van der Waals surface area (Å²) < 4.78 is 4.70. The Hall–Kier alpha value is -1.43. The fourth-order valence-corrected chi connectivity index (χ4v) is 1.48. The van der Waals surface area contributed by atoms with Crippen molar-refractivity contribution in [2.24, 2.45) is 0 Å². The van der Waals surface area contributed by atoms with E-state index >= 15 is 0 Å². The lowest BCUT2D eigenvalue weighted by Gasteiger charge is -2.33. The van der Waals surface area contributed by atoms with Crippen LogP contribution in [0.15, 0.2) is 24.4 Å². The van der Waals surface area contributed by atoms with E-state index in [2.05, 4.69) is 20.9 Å². The molecule has 0 aliphatic heterocycles. The van der Waals surface area contributed by atoms with Crippen molar-refractivity contribution in [1.29, 1.82) is 0 Å². The molecule has 0 unspecified atom stereocenters. The van der Waals surface area contributed by atoms with Crippen molar-refractivity contribution in [2.75, 3.05) is 10.2 Å². The number of carbonyl (C=O) groups excluding carboxylic acids is 2. The van der Waals surface area contributed by atoms with E-state index in [4.69, 9.17) is 4.74 Å². The molecule has 6 heteroatoms. The van der Waals surface area contributed by atoms with Crippen LogP contribution in [-0.4, -0.2) is 27.9 Å². The van der Waals surface area contributed by atoms with E-state index < -0.39 is 17.6 Å². The van der Waals surface area contributed by atoms with Crippen molar-refractivity contribution in [2.45, 2.75) is 26.3 Å². The number of halogens is 1. The average Bonchev–Trinajstić information content (AvgIpc) is 2.28. The largest absolute Gasteiger partial charge is 0.423 e. The summed E-state index contributed by atoms with van der Waals surface area (Å²) in [4.78, 5) is 28.6. The van der Waals surface area contributed by atoms with Gasteiger partial charge in [-0.3, -0.25) is 9.69 Å². The highest BCUT2D eigenvalue weighted by molar-refractivity contribution is 9.09. The molecule has 0 N–H and O–H groups in total. The lowest BCUT2D eigenvalue weighted by atomic mass is 10.1. The zero-order chi connectivity index (χ0) is 13.8. The summed E-state index contributed by atoms with van der Waals surface area (Å²) in [6.07, 6.45) is 0.846. The van der Waals surface area contributed by atoms with E-state index in [-0.39, 0.29) is 5.33 Å². The van der Waals surface area contributed by atoms with Gasteiger partial charge in [-0.2, -0.15) is 0 Å². The Labute approximate surface area is 114 Å². The molecular weight excluding hydrogens is 300 g/mol. The number of rotatable bonds is 2. The minimum atomic E-state index is -0.731. The second kappa shape index (κ2) is 5.95. The van der Waals surface area contributed by atoms with Crippen molar-refractivity contribution in [1.82, 2.24) is 4.98 Å². The van der Waals surface area contributed by atoms with E-state index in [1.165, 1.54) is 4.90 Å². The number of carbonyl (C=O) groups is 2. The lowest BCUT2D eigenvalue weighted by molar-refractivity contribution is -0.134. The molecular formula is C12H15BrN2O3. The fourth-order valence-electron chi connectivity index (χ4n) is 1.37. The van der Waals surface area contributed by atoms with Gasteiger partial charge in [-0.25, -0.2) is 9.78 Å². The Morgan fingerprint density at radius 2 is 2.06 bits per heavy atom. The first-order chi connectivity index (χ1) is 8.36. The Kier molecular flexibility index (Phi) is 4.84. The van der Waals surface area contributed by atoms with Gasteiger partial charge in [0, 0.05) is 11.7 Å². The molecule has 1 aromatic heterocycles. The van der Waals surface area contributed by atoms with E-state index in [1.54, 1.807) is 24.4 Å². The van der Waals surface area contributed by atoms with Gasteiger partial charge in [0.2, 0.25) is 0 Å². The van der Waals surface area contributed by atoms with Crippen LogP contribution in [0, 0.1) is 0 Å². The normalized spacial score (nSPS) is 10.9. The van der Waals surface area contributed by atoms with Crippen LogP contribution in [0.25, 0.3) is 0 Å². The van der Waals surface area contributed by atoms with E-state index in [1.807, 2.05) is 20.8 Å². The van der Waals surface area contributed by atoms with Gasteiger partial charge in [-0.1, -0.05) is 22.0 Å². The Morgan fingerprint density at radius 1 is 1.39 bits per heavy atom. The maximum absolute atomic E-state index is 12.0. The summed E-state index contributed by atoms with van der Waals surface area (Å²) in [6.45, 7) is 5.50. The number of esters is 1. The van der Waals surface area contributed by atoms with Crippen LogP contribution < -0.4 is 4.90 Å². The van der Waals surface area contributed by atoms with E-state index in [9.17, 15) is 9.59 Å². The number of alkyl halides is 1. The maximum atomic E-state index is 12.0. The highest BCUT2D eigenvalue weighted by Gasteiger charge is 2.31. The third kappa shape index (κ3) is 3.80. The number of anilines is 1. The average molecular weight is 315 g/mol. The van der Waals surface area contributed by atoms with Gasteiger partial charge in [0.15, 0.2) is 0 Å².